The second-order valence-corrected chi connectivity index (χ2v) is 3.00. The van der Waals surface area contributed by atoms with Crippen molar-refractivity contribution in [3.05, 3.63) is 27.4 Å². The number of hydrogen-bond donors (Lipinski definition) is 0. The summed E-state index contributed by atoms with van der Waals surface area (Å²) in [5.74, 6) is -0.759. The van der Waals surface area contributed by atoms with Crippen LogP contribution in [-0.2, 0) is 5.88 Å². The maximum Gasteiger partial charge on any atom is 0.292 e. The highest BCUT2D eigenvalue weighted by Gasteiger charge is 2.27. The Balaban J connectivity index is 3.49. The van der Waals surface area contributed by atoms with Crippen LogP contribution in [0.25, 0.3) is 0 Å². The van der Waals surface area contributed by atoms with Crippen LogP contribution in [0.3, 0.4) is 0 Å². The molecular formula is C8H7ClF2N2O3. The monoisotopic (exact) mass is 252 g/mol. The molecule has 1 heterocycles. The first-order valence-corrected chi connectivity index (χ1v) is 4.60. The number of rotatable bonds is 4. The van der Waals surface area contributed by atoms with Crippen molar-refractivity contribution in [3.63, 3.8) is 0 Å². The van der Waals surface area contributed by atoms with E-state index in [4.69, 9.17) is 11.6 Å². The van der Waals surface area contributed by atoms with Crippen LogP contribution in [0.4, 0.5) is 14.5 Å². The zero-order chi connectivity index (χ0) is 12.3. The summed E-state index contributed by atoms with van der Waals surface area (Å²) < 4.78 is 30.0. The van der Waals surface area contributed by atoms with E-state index in [1.807, 2.05) is 0 Å². The minimum Gasteiger partial charge on any atom is -0.481 e. The standard InChI is InChI=1S/C8H7ClF2N2O3/c1-16-8-6(7(10)11)4(2-9)5(3-12-8)13(14)15/h3,7H,2H2,1H3. The Labute approximate surface area is 94.1 Å². The summed E-state index contributed by atoms with van der Waals surface area (Å²) in [4.78, 5) is 13.2. The van der Waals surface area contributed by atoms with E-state index in [2.05, 4.69) is 9.72 Å². The quantitative estimate of drug-likeness (QED) is 0.469. The van der Waals surface area contributed by atoms with Gasteiger partial charge in [0.1, 0.15) is 6.20 Å². The maximum atomic E-state index is 12.7. The van der Waals surface area contributed by atoms with Crippen molar-refractivity contribution >= 4 is 17.3 Å². The van der Waals surface area contributed by atoms with E-state index in [1.165, 1.54) is 0 Å². The molecule has 1 aromatic heterocycles. The maximum absolute atomic E-state index is 12.7. The number of alkyl halides is 3. The molecular weight excluding hydrogens is 246 g/mol. The third-order valence-corrected chi connectivity index (χ3v) is 2.18. The Bertz CT molecular complexity index is 415. The van der Waals surface area contributed by atoms with Gasteiger partial charge in [0, 0.05) is 0 Å². The molecule has 5 nitrogen and oxygen atoms in total. The lowest BCUT2D eigenvalue weighted by atomic mass is 10.1. The van der Waals surface area contributed by atoms with Crippen molar-refractivity contribution in [1.29, 1.82) is 0 Å². The summed E-state index contributed by atoms with van der Waals surface area (Å²) >= 11 is 5.43. The number of nitrogens with zero attached hydrogens (tertiary/aromatic N) is 2. The van der Waals surface area contributed by atoms with E-state index < -0.39 is 28.5 Å². The van der Waals surface area contributed by atoms with Gasteiger partial charge < -0.3 is 4.74 Å². The third-order valence-electron chi connectivity index (χ3n) is 1.91. The predicted octanol–water partition coefficient (Wildman–Crippen LogP) is 2.67. The highest BCUT2D eigenvalue weighted by atomic mass is 35.5. The van der Waals surface area contributed by atoms with Gasteiger partial charge in [0.25, 0.3) is 12.1 Å². The first-order valence-electron chi connectivity index (χ1n) is 4.07. The molecule has 0 amide bonds. The molecule has 0 aromatic carbocycles. The van der Waals surface area contributed by atoms with Gasteiger partial charge in [0.2, 0.25) is 5.88 Å². The molecule has 8 heteroatoms. The van der Waals surface area contributed by atoms with Crippen molar-refractivity contribution in [3.8, 4) is 5.88 Å². The van der Waals surface area contributed by atoms with Crippen LogP contribution in [-0.4, -0.2) is 17.0 Å². The molecule has 1 aromatic rings. The Morgan fingerprint density at radius 2 is 2.31 bits per heavy atom. The van der Waals surface area contributed by atoms with E-state index in [0.717, 1.165) is 13.3 Å². The number of nitro groups is 1. The largest absolute Gasteiger partial charge is 0.481 e. The highest BCUT2D eigenvalue weighted by molar-refractivity contribution is 6.17. The van der Waals surface area contributed by atoms with Crippen LogP contribution in [0.2, 0.25) is 0 Å². The second kappa shape index (κ2) is 5.02. The normalized spacial score (nSPS) is 10.6. The van der Waals surface area contributed by atoms with Gasteiger partial charge in [-0.25, -0.2) is 13.8 Å². The number of pyridine rings is 1. The van der Waals surface area contributed by atoms with Crippen molar-refractivity contribution < 1.29 is 18.4 Å². The first kappa shape index (κ1) is 12.6. The minimum absolute atomic E-state index is 0.270. The fourth-order valence-electron chi connectivity index (χ4n) is 1.22. The molecule has 0 N–H and O–H groups in total. The summed E-state index contributed by atoms with van der Waals surface area (Å²) in [5, 5.41) is 10.6. The molecule has 0 fully saturated rings. The van der Waals surface area contributed by atoms with Crippen LogP contribution in [0.1, 0.15) is 17.6 Å². The number of ether oxygens (including phenoxy) is 1. The van der Waals surface area contributed by atoms with Gasteiger partial charge in [0.05, 0.1) is 29.0 Å². The van der Waals surface area contributed by atoms with Gasteiger partial charge in [-0.15, -0.1) is 11.6 Å². The lowest BCUT2D eigenvalue weighted by molar-refractivity contribution is -0.385. The van der Waals surface area contributed by atoms with Crippen molar-refractivity contribution in [2.75, 3.05) is 7.11 Å². The molecule has 0 spiro atoms. The van der Waals surface area contributed by atoms with E-state index >= 15 is 0 Å². The molecule has 0 aliphatic rings. The Morgan fingerprint density at radius 1 is 1.69 bits per heavy atom. The van der Waals surface area contributed by atoms with Crippen LogP contribution in [0, 0.1) is 10.1 Å². The molecule has 0 aliphatic heterocycles. The van der Waals surface area contributed by atoms with Crippen LogP contribution in [0.15, 0.2) is 6.20 Å². The molecule has 0 saturated heterocycles. The van der Waals surface area contributed by atoms with Gasteiger partial charge in [-0.1, -0.05) is 0 Å². The Morgan fingerprint density at radius 3 is 2.69 bits per heavy atom. The second-order valence-electron chi connectivity index (χ2n) is 2.74. The third kappa shape index (κ3) is 2.19. The fourth-order valence-corrected chi connectivity index (χ4v) is 1.50. The molecule has 16 heavy (non-hydrogen) atoms. The van der Waals surface area contributed by atoms with Gasteiger partial charge in [-0.2, -0.15) is 0 Å². The molecule has 0 bridgehead atoms. The molecule has 0 atom stereocenters. The molecule has 88 valence electrons. The Hall–Kier alpha value is -1.50. The number of aromatic nitrogens is 1. The summed E-state index contributed by atoms with van der Waals surface area (Å²) in [6.07, 6.45) is -2.08. The van der Waals surface area contributed by atoms with Gasteiger partial charge in [0.15, 0.2) is 0 Å². The summed E-state index contributed by atoms with van der Waals surface area (Å²) in [6.45, 7) is 0. The van der Waals surface area contributed by atoms with E-state index in [9.17, 15) is 18.9 Å². The van der Waals surface area contributed by atoms with E-state index in [1.54, 1.807) is 0 Å². The number of halogens is 3. The topological polar surface area (TPSA) is 65.3 Å². The number of hydrogen-bond acceptors (Lipinski definition) is 4. The molecule has 0 radical (unpaired) electrons. The summed E-state index contributed by atoms with van der Waals surface area (Å²) in [7, 11) is 1.15. The van der Waals surface area contributed by atoms with Gasteiger partial charge >= 0.3 is 0 Å². The Kier molecular flexibility index (Phi) is 3.94. The van der Waals surface area contributed by atoms with Gasteiger partial charge in [-0.3, -0.25) is 10.1 Å². The van der Waals surface area contributed by atoms with Crippen molar-refractivity contribution in [1.82, 2.24) is 4.98 Å². The van der Waals surface area contributed by atoms with Gasteiger partial charge in [-0.05, 0) is 0 Å². The molecule has 0 aliphatic carbocycles. The predicted molar refractivity (Wildman–Crippen MR) is 52.0 cm³/mol. The van der Waals surface area contributed by atoms with Crippen LogP contribution < -0.4 is 4.74 Å². The molecule has 0 saturated carbocycles. The zero-order valence-electron chi connectivity index (χ0n) is 8.11. The molecule has 0 unspecified atom stereocenters. The van der Waals surface area contributed by atoms with Crippen LogP contribution >= 0.6 is 11.6 Å². The van der Waals surface area contributed by atoms with Crippen LogP contribution in [0.5, 0.6) is 5.88 Å². The SMILES string of the molecule is COc1ncc([N+](=O)[O-])c(CCl)c1C(F)F. The van der Waals surface area contributed by atoms with E-state index in [0.29, 0.717) is 0 Å². The zero-order valence-corrected chi connectivity index (χ0v) is 8.87. The number of methoxy groups -OCH3 is 1. The fraction of sp³-hybridized carbons (Fsp3) is 0.375. The highest BCUT2D eigenvalue weighted by Crippen LogP contribution is 2.36. The first-order chi connectivity index (χ1) is 7.52. The minimum atomic E-state index is -2.93. The summed E-state index contributed by atoms with van der Waals surface area (Å²) in [6, 6.07) is 0. The smallest absolute Gasteiger partial charge is 0.292 e. The van der Waals surface area contributed by atoms with Crippen molar-refractivity contribution in [2.45, 2.75) is 12.3 Å². The lowest BCUT2D eigenvalue weighted by Crippen LogP contribution is -2.04. The summed E-state index contributed by atoms with van der Waals surface area (Å²) in [5.41, 5.74) is -1.44. The lowest BCUT2D eigenvalue weighted by Gasteiger charge is -2.10. The average Bonchev–Trinajstić information content (AvgIpc) is 2.26. The average molecular weight is 253 g/mol. The van der Waals surface area contributed by atoms with Crippen molar-refractivity contribution in [2.24, 2.45) is 0 Å². The van der Waals surface area contributed by atoms with E-state index in [-0.39, 0.29) is 11.4 Å². The molecule has 1 rings (SSSR count).